The number of hydrogen-bond donors (Lipinski definition) is 0. The predicted octanol–water partition coefficient (Wildman–Crippen LogP) is 4.37. The molecule has 0 aromatic heterocycles. The van der Waals surface area contributed by atoms with E-state index in [-0.39, 0.29) is 6.42 Å². The topological polar surface area (TPSA) is 3.24 Å². The molecular weight excluding hydrogens is 251 g/mol. The first-order valence-electron chi connectivity index (χ1n) is 6.38. The van der Waals surface area contributed by atoms with Crippen LogP contribution in [0, 0.1) is 0 Å². The minimum atomic E-state index is -4.16. The summed E-state index contributed by atoms with van der Waals surface area (Å²) in [6.07, 6.45) is -3.38. The number of halogens is 3. The monoisotopic (exact) mass is 265 g/mol. The number of benzene rings is 2. The molecule has 1 atom stereocenters. The first-order chi connectivity index (χ1) is 9.07. The smallest absolute Gasteiger partial charge is 0.359 e. The molecule has 2 aromatic rings. The van der Waals surface area contributed by atoms with Gasteiger partial charge in [0.1, 0.15) is 6.04 Å². The van der Waals surface area contributed by atoms with Crippen molar-refractivity contribution in [1.82, 2.24) is 0 Å². The van der Waals surface area contributed by atoms with Gasteiger partial charge in [-0.25, -0.2) is 0 Å². The summed E-state index contributed by atoms with van der Waals surface area (Å²) in [7, 11) is 0. The van der Waals surface area contributed by atoms with Crippen molar-refractivity contribution in [3.8, 4) is 0 Å². The van der Waals surface area contributed by atoms with Crippen LogP contribution in [0.15, 0.2) is 42.5 Å². The van der Waals surface area contributed by atoms with Crippen molar-refractivity contribution in [2.75, 3.05) is 11.4 Å². The van der Waals surface area contributed by atoms with Gasteiger partial charge in [-0.15, -0.1) is 0 Å². The highest BCUT2D eigenvalue weighted by molar-refractivity contribution is 5.94. The minimum Gasteiger partial charge on any atom is -0.359 e. The molecule has 1 aliphatic rings. The van der Waals surface area contributed by atoms with Crippen LogP contribution in [0.3, 0.4) is 0 Å². The molecule has 0 amide bonds. The lowest BCUT2D eigenvalue weighted by atomic mass is 10.1. The van der Waals surface area contributed by atoms with E-state index >= 15 is 0 Å². The van der Waals surface area contributed by atoms with Gasteiger partial charge in [0, 0.05) is 17.6 Å². The molecule has 1 heterocycles. The van der Waals surface area contributed by atoms with E-state index in [0.717, 1.165) is 10.8 Å². The van der Waals surface area contributed by atoms with Gasteiger partial charge in [-0.1, -0.05) is 36.4 Å². The number of hydrogen-bond acceptors (Lipinski definition) is 1. The summed E-state index contributed by atoms with van der Waals surface area (Å²) in [6, 6.07) is 11.8. The average Bonchev–Trinajstić information content (AvgIpc) is 2.87. The highest BCUT2D eigenvalue weighted by atomic mass is 19.4. The van der Waals surface area contributed by atoms with Gasteiger partial charge in [-0.3, -0.25) is 0 Å². The molecule has 0 unspecified atom stereocenters. The van der Waals surface area contributed by atoms with Crippen molar-refractivity contribution in [1.29, 1.82) is 0 Å². The van der Waals surface area contributed by atoms with E-state index in [0.29, 0.717) is 18.7 Å². The summed E-state index contributed by atoms with van der Waals surface area (Å²) in [5.41, 5.74) is 0.693. The number of rotatable bonds is 1. The quantitative estimate of drug-likeness (QED) is 0.740. The van der Waals surface area contributed by atoms with E-state index in [2.05, 4.69) is 0 Å². The van der Waals surface area contributed by atoms with Crippen LogP contribution >= 0.6 is 0 Å². The van der Waals surface area contributed by atoms with Crippen molar-refractivity contribution in [3.63, 3.8) is 0 Å². The number of fused-ring (bicyclic) bond motifs is 1. The lowest BCUT2D eigenvalue weighted by Crippen LogP contribution is -2.41. The molecule has 0 aliphatic carbocycles. The third kappa shape index (κ3) is 2.15. The zero-order valence-corrected chi connectivity index (χ0v) is 10.3. The van der Waals surface area contributed by atoms with Crippen LogP contribution in [0.1, 0.15) is 12.8 Å². The van der Waals surface area contributed by atoms with Crippen LogP contribution in [0.4, 0.5) is 18.9 Å². The highest BCUT2D eigenvalue weighted by Gasteiger charge is 2.46. The Bertz CT molecular complexity index is 586. The molecular formula is C15H14F3N. The predicted molar refractivity (Wildman–Crippen MR) is 70.4 cm³/mol. The zero-order valence-electron chi connectivity index (χ0n) is 10.3. The van der Waals surface area contributed by atoms with Crippen molar-refractivity contribution in [2.24, 2.45) is 0 Å². The third-order valence-corrected chi connectivity index (χ3v) is 3.71. The summed E-state index contributed by atoms with van der Waals surface area (Å²) in [6.45, 7) is 0.470. The molecule has 3 rings (SSSR count). The van der Waals surface area contributed by atoms with E-state index in [1.54, 1.807) is 6.07 Å². The second-order valence-corrected chi connectivity index (χ2v) is 4.89. The molecule has 0 bridgehead atoms. The molecule has 0 N–H and O–H groups in total. The van der Waals surface area contributed by atoms with Gasteiger partial charge < -0.3 is 4.90 Å². The van der Waals surface area contributed by atoms with Crippen LogP contribution in [0.2, 0.25) is 0 Å². The third-order valence-electron chi connectivity index (χ3n) is 3.71. The van der Waals surface area contributed by atoms with Crippen LogP contribution < -0.4 is 4.90 Å². The molecule has 1 nitrogen and oxygen atoms in total. The van der Waals surface area contributed by atoms with E-state index in [1.807, 2.05) is 36.4 Å². The second-order valence-electron chi connectivity index (χ2n) is 4.89. The van der Waals surface area contributed by atoms with E-state index in [1.165, 1.54) is 4.90 Å². The fourth-order valence-corrected chi connectivity index (χ4v) is 2.85. The minimum absolute atomic E-state index is 0.187. The standard InChI is InChI=1S/C15H14F3N/c16-15(17,18)14-9-4-10-19(14)13-8-3-6-11-5-1-2-7-12(11)13/h1-3,5-8,14H,4,9-10H2/t14-/m0/s1. The largest absolute Gasteiger partial charge is 0.408 e. The van der Waals surface area contributed by atoms with Crippen LogP contribution in [0.25, 0.3) is 10.8 Å². The molecule has 1 fully saturated rings. The Morgan fingerprint density at radius 2 is 1.74 bits per heavy atom. The Morgan fingerprint density at radius 1 is 1.00 bits per heavy atom. The molecule has 4 heteroatoms. The van der Waals surface area contributed by atoms with Crippen LogP contribution in [-0.4, -0.2) is 18.8 Å². The molecule has 2 aromatic carbocycles. The maximum Gasteiger partial charge on any atom is 0.408 e. The van der Waals surface area contributed by atoms with E-state index in [9.17, 15) is 13.2 Å². The first kappa shape index (κ1) is 12.3. The summed E-state index contributed by atoms with van der Waals surface area (Å²) < 4.78 is 39.2. The summed E-state index contributed by atoms with van der Waals surface area (Å²) in [5, 5.41) is 1.87. The highest BCUT2D eigenvalue weighted by Crippen LogP contribution is 2.38. The molecule has 1 saturated heterocycles. The average molecular weight is 265 g/mol. The van der Waals surface area contributed by atoms with Crippen LogP contribution in [0.5, 0.6) is 0 Å². The molecule has 0 radical (unpaired) electrons. The Balaban J connectivity index is 2.09. The molecule has 1 aliphatic heterocycles. The number of nitrogens with zero attached hydrogens (tertiary/aromatic N) is 1. The molecule has 19 heavy (non-hydrogen) atoms. The van der Waals surface area contributed by atoms with Gasteiger partial charge >= 0.3 is 6.18 Å². The SMILES string of the molecule is FC(F)(F)[C@@H]1CCCN1c1cccc2ccccc12. The van der Waals surface area contributed by atoms with E-state index in [4.69, 9.17) is 0 Å². The lowest BCUT2D eigenvalue weighted by molar-refractivity contribution is -0.145. The van der Waals surface area contributed by atoms with Crippen LogP contribution in [-0.2, 0) is 0 Å². The maximum atomic E-state index is 13.1. The number of anilines is 1. The van der Waals surface area contributed by atoms with Crippen molar-refractivity contribution < 1.29 is 13.2 Å². The summed E-state index contributed by atoms with van der Waals surface area (Å²) in [4.78, 5) is 1.50. The van der Waals surface area contributed by atoms with Crippen molar-refractivity contribution in [2.45, 2.75) is 25.1 Å². The zero-order chi connectivity index (χ0) is 13.5. The van der Waals surface area contributed by atoms with Crippen molar-refractivity contribution >= 4 is 16.5 Å². The molecule has 100 valence electrons. The second kappa shape index (κ2) is 4.44. The normalized spacial score (nSPS) is 20.2. The first-order valence-corrected chi connectivity index (χ1v) is 6.38. The lowest BCUT2D eigenvalue weighted by Gasteiger charge is -2.29. The Morgan fingerprint density at radius 3 is 2.53 bits per heavy atom. The van der Waals surface area contributed by atoms with Gasteiger partial charge in [-0.2, -0.15) is 13.2 Å². The molecule has 0 spiro atoms. The van der Waals surface area contributed by atoms with Gasteiger partial charge in [0.05, 0.1) is 0 Å². The fraction of sp³-hybridized carbons (Fsp3) is 0.333. The fourth-order valence-electron chi connectivity index (χ4n) is 2.85. The summed E-state index contributed by atoms with van der Waals surface area (Å²) >= 11 is 0. The van der Waals surface area contributed by atoms with Crippen molar-refractivity contribution in [3.05, 3.63) is 42.5 Å². The van der Waals surface area contributed by atoms with Gasteiger partial charge in [0.15, 0.2) is 0 Å². The Kier molecular flexibility index (Phi) is 2.88. The van der Waals surface area contributed by atoms with Gasteiger partial charge in [0.25, 0.3) is 0 Å². The molecule has 0 saturated carbocycles. The Hall–Kier alpha value is -1.71. The number of alkyl halides is 3. The summed E-state index contributed by atoms with van der Waals surface area (Å²) in [5.74, 6) is 0. The Labute approximate surface area is 109 Å². The van der Waals surface area contributed by atoms with Gasteiger partial charge in [-0.05, 0) is 24.3 Å². The van der Waals surface area contributed by atoms with Gasteiger partial charge in [0.2, 0.25) is 0 Å². The van der Waals surface area contributed by atoms with E-state index < -0.39 is 12.2 Å². The maximum absolute atomic E-state index is 13.1.